The number of carbonyl (C=O) groups excluding carboxylic acids is 2. The van der Waals surface area contributed by atoms with Gasteiger partial charge in [-0.05, 0) is 23.8 Å². The van der Waals surface area contributed by atoms with Crippen molar-refractivity contribution < 1.29 is 14.3 Å². The van der Waals surface area contributed by atoms with E-state index in [1.807, 2.05) is 66.7 Å². The first-order chi connectivity index (χ1) is 13.2. The van der Waals surface area contributed by atoms with E-state index >= 15 is 0 Å². The molecule has 2 amide bonds. The van der Waals surface area contributed by atoms with Crippen molar-refractivity contribution in [2.45, 2.75) is 12.5 Å². The Kier molecular flexibility index (Phi) is 4.58. The van der Waals surface area contributed by atoms with E-state index in [2.05, 4.69) is 10.6 Å². The summed E-state index contributed by atoms with van der Waals surface area (Å²) in [7, 11) is 0. The van der Waals surface area contributed by atoms with Gasteiger partial charge in [-0.2, -0.15) is 0 Å². The minimum Gasteiger partial charge on any atom is -0.478 e. The zero-order chi connectivity index (χ0) is 18.6. The van der Waals surface area contributed by atoms with Gasteiger partial charge < -0.3 is 15.4 Å². The molecule has 1 heterocycles. The fourth-order valence-electron chi connectivity index (χ4n) is 3.06. The van der Waals surface area contributed by atoms with E-state index in [1.54, 1.807) is 12.1 Å². The molecule has 3 aromatic carbocycles. The summed E-state index contributed by atoms with van der Waals surface area (Å²) < 4.78 is 5.69. The molecular weight excluding hydrogens is 340 g/mol. The van der Waals surface area contributed by atoms with Crippen LogP contribution in [0.4, 0.5) is 11.4 Å². The number of para-hydroxylation sites is 3. The van der Waals surface area contributed by atoms with Crippen LogP contribution in [-0.4, -0.2) is 17.9 Å². The number of nitrogens with one attached hydrogen (secondary N) is 2. The second kappa shape index (κ2) is 7.33. The second-order valence-electron chi connectivity index (χ2n) is 6.26. The van der Waals surface area contributed by atoms with E-state index in [0.29, 0.717) is 17.1 Å². The van der Waals surface area contributed by atoms with E-state index in [9.17, 15) is 9.59 Å². The third kappa shape index (κ3) is 3.67. The maximum Gasteiger partial charge on any atom is 0.266 e. The Bertz CT molecular complexity index is 986. The van der Waals surface area contributed by atoms with Crippen molar-refractivity contribution in [1.82, 2.24) is 0 Å². The van der Waals surface area contributed by atoms with Crippen molar-refractivity contribution in [2.75, 3.05) is 10.6 Å². The first kappa shape index (κ1) is 16.8. The van der Waals surface area contributed by atoms with Gasteiger partial charge in [-0.3, -0.25) is 9.59 Å². The van der Waals surface area contributed by atoms with Gasteiger partial charge in [-0.15, -0.1) is 0 Å². The number of anilines is 2. The number of rotatable bonds is 4. The third-order valence-electron chi connectivity index (χ3n) is 4.36. The predicted octanol–water partition coefficient (Wildman–Crippen LogP) is 4.08. The van der Waals surface area contributed by atoms with Crippen molar-refractivity contribution in [3.05, 3.63) is 78.9 Å². The molecule has 4 rings (SSSR count). The normalized spacial score (nSPS) is 15.3. The van der Waals surface area contributed by atoms with Gasteiger partial charge in [0.2, 0.25) is 5.91 Å². The van der Waals surface area contributed by atoms with Crippen LogP contribution in [0.15, 0.2) is 78.9 Å². The number of fused-ring (bicyclic) bond motifs is 1. The standard InChI is InChI=1S/C22H18N2O3/c25-21(14-20-22(26)24-18-12-6-7-13-19(18)27-20)23-17-11-5-4-10-16(17)15-8-2-1-3-9-15/h1-13,20H,14H2,(H,23,25)(H,24,26). The molecule has 1 aliphatic rings. The van der Waals surface area contributed by atoms with Gasteiger partial charge in [0.25, 0.3) is 5.91 Å². The molecule has 3 aromatic rings. The van der Waals surface area contributed by atoms with Crippen molar-refractivity contribution in [3.8, 4) is 16.9 Å². The molecule has 0 spiro atoms. The van der Waals surface area contributed by atoms with E-state index in [4.69, 9.17) is 4.74 Å². The molecule has 5 nitrogen and oxygen atoms in total. The summed E-state index contributed by atoms with van der Waals surface area (Å²) in [5, 5.41) is 5.67. The second-order valence-corrected chi connectivity index (χ2v) is 6.26. The molecule has 0 aromatic heterocycles. The van der Waals surface area contributed by atoms with Gasteiger partial charge in [0.15, 0.2) is 6.10 Å². The Balaban J connectivity index is 1.49. The Labute approximate surface area is 157 Å². The Morgan fingerprint density at radius 3 is 2.48 bits per heavy atom. The summed E-state index contributed by atoms with van der Waals surface area (Å²) in [6, 6.07) is 24.6. The summed E-state index contributed by atoms with van der Waals surface area (Å²) in [5.41, 5.74) is 3.25. The van der Waals surface area contributed by atoms with Gasteiger partial charge in [-0.1, -0.05) is 60.7 Å². The first-order valence-electron chi connectivity index (χ1n) is 8.71. The number of hydrogen-bond acceptors (Lipinski definition) is 3. The zero-order valence-corrected chi connectivity index (χ0v) is 14.5. The first-order valence-corrected chi connectivity index (χ1v) is 8.71. The van der Waals surface area contributed by atoms with Crippen LogP contribution in [0.2, 0.25) is 0 Å². The van der Waals surface area contributed by atoms with Crippen LogP contribution in [-0.2, 0) is 9.59 Å². The molecule has 1 atom stereocenters. The molecule has 134 valence electrons. The molecule has 0 aliphatic carbocycles. The molecule has 2 N–H and O–H groups in total. The lowest BCUT2D eigenvalue weighted by Gasteiger charge is -2.25. The minimum absolute atomic E-state index is 0.0662. The lowest BCUT2D eigenvalue weighted by atomic mass is 10.0. The highest BCUT2D eigenvalue weighted by Crippen LogP contribution is 2.30. The summed E-state index contributed by atoms with van der Waals surface area (Å²) in [4.78, 5) is 24.8. The summed E-state index contributed by atoms with van der Waals surface area (Å²) in [6.07, 6.45) is -0.924. The summed E-state index contributed by atoms with van der Waals surface area (Å²) >= 11 is 0. The monoisotopic (exact) mass is 358 g/mol. The number of ether oxygens (including phenoxy) is 1. The summed E-state index contributed by atoms with van der Waals surface area (Å²) in [6.45, 7) is 0. The topological polar surface area (TPSA) is 67.4 Å². The highest BCUT2D eigenvalue weighted by Gasteiger charge is 2.29. The smallest absolute Gasteiger partial charge is 0.266 e. The molecule has 5 heteroatoms. The molecular formula is C22H18N2O3. The predicted molar refractivity (Wildman–Crippen MR) is 105 cm³/mol. The van der Waals surface area contributed by atoms with Crippen LogP contribution in [0.25, 0.3) is 11.1 Å². The summed E-state index contributed by atoms with van der Waals surface area (Å²) in [5.74, 6) is -0.0299. The molecule has 0 fully saturated rings. The molecule has 0 saturated heterocycles. The van der Waals surface area contributed by atoms with Crippen molar-refractivity contribution in [3.63, 3.8) is 0 Å². The maximum absolute atomic E-state index is 12.6. The zero-order valence-electron chi connectivity index (χ0n) is 14.5. The number of hydrogen-bond donors (Lipinski definition) is 2. The van der Waals surface area contributed by atoms with E-state index in [0.717, 1.165) is 11.1 Å². The van der Waals surface area contributed by atoms with Gasteiger partial charge in [0.05, 0.1) is 12.1 Å². The highest BCUT2D eigenvalue weighted by molar-refractivity contribution is 6.03. The van der Waals surface area contributed by atoms with Crippen molar-refractivity contribution in [2.24, 2.45) is 0 Å². The Morgan fingerprint density at radius 2 is 1.63 bits per heavy atom. The van der Waals surface area contributed by atoms with Crippen LogP contribution < -0.4 is 15.4 Å². The molecule has 27 heavy (non-hydrogen) atoms. The van der Waals surface area contributed by atoms with Crippen molar-refractivity contribution in [1.29, 1.82) is 0 Å². The van der Waals surface area contributed by atoms with Gasteiger partial charge in [0, 0.05) is 11.3 Å². The van der Waals surface area contributed by atoms with Crippen LogP contribution in [0, 0.1) is 0 Å². The maximum atomic E-state index is 12.6. The molecule has 1 unspecified atom stereocenters. The lowest BCUT2D eigenvalue weighted by Crippen LogP contribution is -2.39. The highest BCUT2D eigenvalue weighted by atomic mass is 16.5. The van der Waals surface area contributed by atoms with Crippen LogP contribution >= 0.6 is 0 Å². The largest absolute Gasteiger partial charge is 0.478 e. The van der Waals surface area contributed by atoms with E-state index < -0.39 is 6.10 Å². The fourth-order valence-corrected chi connectivity index (χ4v) is 3.06. The third-order valence-corrected chi connectivity index (χ3v) is 4.36. The number of carbonyl (C=O) groups is 2. The van der Waals surface area contributed by atoms with Crippen molar-refractivity contribution >= 4 is 23.2 Å². The van der Waals surface area contributed by atoms with Gasteiger partial charge in [-0.25, -0.2) is 0 Å². The molecule has 0 bridgehead atoms. The van der Waals surface area contributed by atoms with Gasteiger partial charge >= 0.3 is 0 Å². The molecule has 0 saturated carbocycles. The minimum atomic E-state index is -0.858. The van der Waals surface area contributed by atoms with Crippen LogP contribution in [0.5, 0.6) is 5.75 Å². The Morgan fingerprint density at radius 1 is 0.926 bits per heavy atom. The molecule has 0 radical (unpaired) electrons. The van der Waals surface area contributed by atoms with E-state index in [1.165, 1.54) is 0 Å². The SMILES string of the molecule is O=C(CC1Oc2ccccc2NC1=O)Nc1ccccc1-c1ccccc1. The number of amides is 2. The van der Waals surface area contributed by atoms with Crippen LogP contribution in [0.3, 0.4) is 0 Å². The Hall–Kier alpha value is -3.60. The van der Waals surface area contributed by atoms with E-state index in [-0.39, 0.29) is 18.2 Å². The number of benzene rings is 3. The van der Waals surface area contributed by atoms with Gasteiger partial charge in [0.1, 0.15) is 5.75 Å². The quantitative estimate of drug-likeness (QED) is 0.738. The average molecular weight is 358 g/mol. The van der Waals surface area contributed by atoms with Crippen LogP contribution in [0.1, 0.15) is 6.42 Å². The molecule has 1 aliphatic heterocycles. The fraction of sp³-hybridized carbons (Fsp3) is 0.0909. The average Bonchev–Trinajstić information content (AvgIpc) is 2.69. The lowest BCUT2D eigenvalue weighted by molar-refractivity contribution is -0.128.